The molecular formula is C10H9F3N2. The molecule has 80 valence electrons. The highest BCUT2D eigenvalue weighted by Gasteiger charge is 2.25. The Hall–Kier alpha value is -1.65. The number of rotatable bonds is 2. The van der Waals surface area contributed by atoms with E-state index in [9.17, 15) is 13.2 Å². The van der Waals surface area contributed by atoms with Crippen LogP contribution < -0.4 is 0 Å². The van der Waals surface area contributed by atoms with Gasteiger partial charge in [-0.25, -0.2) is 0 Å². The minimum atomic E-state index is -4.39. The molecule has 0 radical (unpaired) electrons. The highest BCUT2D eigenvalue weighted by Crippen LogP contribution is 2.24. The first-order valence-corrected chi connectivity index (χ1v) is 4.18. The normalized spacial score (nSPS) is 13.5. The summed E-state index contributed by atoms with van der Waals surface area (Å²) in [6.07, 6.45) is -4.26. The molecule has 0 atom stereocenters. The van der Waals surface area contributed by atoms with Crippen molar-refractivity contribution in [1.29, 1.82) is 0 Å². The van der Waals surface area contributed by atoms with Crippen molar-refractivity contribution in [3.63, 3.8) is 0 Å². The molecule has 0 fully saturated rings. The summed E-state index contributed by atoms with van der Waals surface area (Å²) < 4.78 is 36.4. The van der Waals surface area contributed by atoms with Gasteiger partial charge in [-0.05, 0) is 0 Å². The Kier molecular flexibility index (Phi) is 3.60. The summed E-state index contributed by atoms with van der Waals surface area (Å²) in [4.78, 5) is 0. The first kappa shape index (κ1) is 11.4. The maximum Gasteiger partial charge on any atom is 0.411 e. The largest absolute Gasteiger partial charge is 0.411 e. The minimum Gasteiger partial charge on any atom is -0.192 e. The van der Waals surface area contributed by atoms with Gasteiger partial charge in [0.25, 0.3) is 0 Å². The van der Waals surface area contributed by atoms with Gasteiger partial charge in [0.1, 0.15) is 0 Å². The molecule has 0 aromatic heterocycles. The average Bonchev–Trinajstić information content (AvgIpc) is 2.17. The van der Waals surface area contributed by atoms with E-state index < -0.39 is 6.18 Å². The van der Waals surface area contributed by atoms with E-state index in [1.165, 1.54) is 7.05 Å². The first-order valence-electron chi connectivity index (χ1n) is 4.18. The Morgan fingerprint density at radius 2 is 1.80 bits per heavy atom. The fraction of sp³-hybridized carbons (Fsp3) is 0.200. The Morgan fingerprint density at radius 1 is 1.20 bits per heavy atom. The zero-order chi connectivity index (χ0) is 11.3. The monoisotopic (exact) mass is 214 g/mol. The second-order valence-electron chi connectivity index (χ2n) is 2.74. The van der Waals surface area contributed by atoms with Crippen molar-refractivity contribution in [1.82, 2.24) is 0 Å². The summed E-state index contributed by atoms with van der Waals surface area (Å²) in [5.74, 6) is 0. The van der Waals surface area contributed by atoms with Gasteiger partial charge in [-0.1, -0.05) is 30.3 Å². The number of azo groups is 1. The van der Waals surface area contributed by atoms with Crippen LogP contribution in [0.1, 0.15) is 5.56 Å². The molecule has 0 N–H and O–H groups in total. The quantitative estimate of drug-likeness (QED) is 0.671. The van der Waals surface area contributed by atoms with Gasteiger partial charge in [0.2, 0.25) is 0 Å². The molecule has 0 unspecified atom stereocenters. The van der Waals surface area contributed by atoms with Gasteiger partial charge in [-0.2, -0.15) is 23.4 Å². The third kappa shape index (κ3) is 3.93. The van der Waals surface area contributed by atoms with Crippen molar-refractivity contribution >= 4 is 5.70 Å². The predicted octanol–water partition coefficient (Wildman–Crippen LogP) is 3.67. The van der Waals surface area contributed by atoms with Crippen LogP contribution in [-0.4, -0.2) is 13.2 Å². The van der Waals surface area contributed by atoms with Crippen LogP contribution in [0, 0.1) is 0 Å². The van der Waals surface area contributed by atoms with Crippen molar-refractivity contribution in [3.8, 4) is 0 Å². The number of alkyl halides is 3. The van der Waals surface area contributed by atoms with Crippen LogP contribution in [0.25, 0.3) is 5.70 Å². The summed E-state index contributed by atoms with van der Waals surface area (Å²) in [5, 5.41) is 6.80. The molecule has 0 saturated carbocycles. The van der Waals surface area contributed by atoms with Crippen LogP contribution in [0.15, 0.2) is 46.6 Å². The number of nitrogens with zero attached hydrogens (tertiary/aromatic N) is 2. The molecule has 0 saturated heterocycles. The summed E-state index contributed by atoms with van der Waals surface area (Å²) in [6.45, 7) is 0. The summed E-state index contributed by atoms with van der Waals surface area (Å²) in [7, 11) is 1.33. The van der Waals surface area contributed by atoms with Crippen LogP contribution in [0.4, 0.5) is 13.2 Å². The Morgan fingerprint density at radius 3 is 2.27 bits per heavy atom. The second kappa shape index (κ2) is 4.72. The summed E-state index contributed by atoms with van der Waals surface area (Å²) in [6, 6.07) is 8.10. The second-order valence-corrected chi connectivity index (χ2v) is 2.74. The van der Waals surface area contributed by atoms with Gasteiger partial charge in [-0.15, -0.1) is 0 Å². The zero-order valence-electron chi connectivity index (χ0n) is 7.99. The van der Waals surface area contributed by atoms with Gasteiger partial charge in [0.15, 0.2) is 0 Å². The van der Waals surface area contributed by atoms with E-state index in [1.807, 2.05) is 0 Å². The first-order chi connectivity index (χ1) is 7.03. The van der Waals surface area contributed by atoms with Gasteiger partial charge in [-0.3, -0.25) is 0 Å². The lowest BCUT2D eigenvalue weighted by Crippen LogP contribution is -2.02. The Labute approximate surface area is 85.1 Å². The van der Waals surface area contributed by atoms with Gasteiger partial charge in [0.05, 0.1) is 5.70 Å². The van der Waals surface area contributed by atoms with Crippen molar-refractivity contribution in [2.75, 3.05) is 7.05 Å². The molecule has 0 amide bonds. The standard InChI is InChI=1S/C10H9F3N2/c1-14-15-9(7-10(11,12)13)8-5-3-2-4-6-8/h2-7H,1H3/b9-7-,15-14?. The number of allylic oxidation sites excluding steroid dienone is 1. The molecule has 1 aromatic carbocycles. The average molecular weight is 214 g/mol. The SMILES string of the molecule is CN=N/C(=C\C(F)(F)F)c1ccccc1. The number of halogens is 3. The van der Waals surface area contributed by atoms with E-state index in [1.54, 1.807) is 30.3 Å². The summed E-state index contributed by atoms with van der Waals surface area (Å²) in [5.41, 5.74) is 0.200. The Balaban J connectivity index is 3.10. The van der Waals surface area contributed by atoms with E-state index in [2.05, 4.69) is 10.2 Å². The van der Waals surface area contributed by atoms with Crippen molar-refractivity contribution < 1.29 is 13.2 Å². The maximum absolute atomic E-state index is 12.1. The smallest absolute Gasteiger partial charge is 0.192 e. The van der Waals surface area contributed by atoms with Gasteiger partial charge >= 0.3 is 6.18 Å². The van der Waals surface area contributed by atoms with Gasteiger partial charge in [0, 0.05) is 18.7 Å². The lowest BCUT2D eigenvalue weighted by molar-refractivity contribution is -0.0794. The van der Waals surface area contributed by atoms with Crippen LogP contribution >= 0.6 is 0 Å². The van der Waals surface area contributed by atoms with Crippen LogP contribution in [0.3, 0.4) is 0 Å². The highest BCUT2D eigenvalue weighted by molar-refractivity contribution is 5.64. The van der Waals surface area contributed by atoms with E-state index in [0.29, 0.717) is 5.56 Å². The molecule has 0 aliphatic heterocycles. The zero-order valence-corrected chi connectivity index (χ0v) is 7.99. The molecule has 1 rings (SSSR count). The molecule has 0 spiro atoms. The Bertz CT molecular complexity index is 366. The van der Waals surface area contributed by atoms with E-state index in [0.717, 1.165) is 0 Å². The maximum atomic E-state index is 12.1. The highest BCUT2D eigenvalue weighted by atomic mass is 19.4. The van der Waals surface area contributed by atoms with Crippen LogP contribution in [-0.2, 0) is 0 Å². The molecule has 0 bridgehead atoms. The topological polar surface area (TPSA) is 24.7 Å². The molecule has 0 aliphatic carbocycles. The van der Waals surface area contributed by atoms with Crippen molar-refractivity contribution in [3.05, 3.63) is 42.0 Å². The van der Waals surface area contributed by atoms with Crippen molar-refractivity contribution in [2.24, 2.45) is 10.2 Å². The van der Waals surface area contributed by atoms with Gasteiger partial charge < -0.3 is 0 Å². The number of benzene rings is 1. The molecule has 0 heterocycles. The third-order valence-electron chi connectivity index (χ3n) is 1.58. The molecule has 2 nitrogen and oxygen atoms in total. The van der Waals surface area contributed by atoms with E-state index in [4.69, 9.17) is 0 Å². The molecule has 15 heavy (non-hydrogen) atoms. The van der Waals surface area contributed by atoms with Crippen LogP contribution in [0.2, 0.25) is 0 Å². The van der Waals surface area contributed by atoms with E-state index >= 15 is 0 Å². The molecule has 5 heteroatoms. The predicted molar refractivity (Wildman–Crippen MR) is 51.3 cm³/mol. The van der Waals surface area contributed by atoms with E-state index in [-0.39, 0.29) is 11.8 Å². The van der Waals surface area contributed by atoms with Crippen LogP contribution in [0.5, 0.6) is 0 Å². The minimum absolute atomic E-state index is 0.134. The summed E-state index contributed by atoms with van der Waals surface area (Å²) >= 11 is 0. The van der Waals surface area contributed by atoms with Crippen molar-refractivity contribution in [2.45, 2.75) is 6.18 Å². The number of hydrogen-bond donors (Lipinski definition) is 0. The lowest BCUT2D eigenvalue weighted by Gasteiger charge is -2.03. The third-order valence-corrected chi connectivity index (χ3v) is 1.58. The molecular weight excluding hydrogens is 205 g/mol. The fourth-order valence-corrected chi connectivity index (χ4v) is 1.04. The fourth-order valence-electron chi connectivity index (χ4n) is 1.04. The molecule has 1 aromatic rings. The number of hydrogen-bond acceptors (Lipinski definition) is 2. The lowest BCUT2D eigenvalue weighted by atomic mass is 10.1. The molecule has 0 aliphatic rings.